The van der Waals surface area contributed by atoms with Crippen molar-refractivity contribution in [2.45, 2.75) is 39.0 Å². The number of urea groups is 1. The Hall–Kier alpha value is -4.86. The summed E-state index contributed by atoms with van der Waals surface area (Å²) in [4.78, 5) is 27.5. The summed E-state index contributed by atoms with van der Waals surface area (Å²) in [5, 5.41) is 19.2. The van der Waals surface area contributed by atoms with Crippen LogP contribution in [0.5, 0.6) is 17.2 Å². The van der Waals surface area contributed by atoms with Crippen molar-refractivity contribution in [2.24, 2.45) is 0 Å². The highest BCUT2D eigenvalue weighted by Gasteiger charge is 2.21. The van der Waals surface area contributed by atoms with Crippen molar-refractivity contribution in [3.05, 3.63) is 84.8 Å². The molecule has 3 N–H and O–H groups in total. The number of aromatic nitrogens is 3. The Bertz CT molecular complexity index is 1400. The molecular weight excluding hydrogens is 498 g/mol. The number of carbonyl (C=O) groups excluding carboxylic acids is 1. The number of pyridine rings is 1. The number of hydrogen-bond acceptors (Lipinski definition) is 6. The van der Waals surface area contributed by atoms with Gasteiger partial charge < -0.3 is 19.9 Å². The quantitative estimate of drug-likeness (QED) is 0.207. The zero-order valence-corrected chi connectivity index (χ0v) is 22.0. The zero-order chi connectivity index (χ0) is 27.8. The molecule has 0 radical (unpaired) electrons. The van der Waals surface area contributed by atoms with Crippen molar-refractivity contribution < 1.29 is 24.2 Å². The number of carboxylic acid groups (broad SMARTS) is 1. The monoisotopic (exact) mass is 529 g/mol. The van der Waals surface area contributed by atoms with Crippen molar-refractivity contribution in [3.63, 3.8) is 0 Å². The highest BCUT2D eigenvalue weighted by atomic mass is 16.5. The molecule has 0 bridgehead atoms. The molecule has 2 amide bonds. The average molecular weight is 530 g/mol. The Balaban J connectivity index is 1.43. The van der Waals surface area contributed by atoms with Gasteiger partial charge in [-0.3, -0.25) is 15.1 Å². The summed E-state index contributed by atoms with van der Waals surface area (Å²) in [6.07, 6.45) is 3.79. The maximum Gasteiger partial charge on any atom is 0.324 e. The van der Waals surface area contributed by atoms with E-state index in [0.717, 1.165) is 11.4 Å². The average Bonchev–Trinajstić information content (AvgIpc) is 3.33. The third kappa shape index (κ3) is 7.81. The van der Waals surface area contributed by atoms with E-state index < -0.39 is 12.0 Å². The Morgan fingerprint density at radius 1 is 0.897 bits per heavy atom. The van der Waals surface area contributed by atoms with Gasteiger partial charge in [-0.25, -0.2) is 9.48 Å². The second-order valence-electron chi connectivity index (χ2n) is 9.80. The first-order valence-corrected chi connectivity index (χ1v) is 12.5. The lowest BCUT2D eigenvalue weighted by Gasteiger charge is -2.14. The number of carbonyl (C=O) groups is 2. The number of aliphatic carboxylic acids is 1. The van der Waals surface area contributed by atoms with E-state index in [4.69, 9.17) is 19.7 Å². The molecule has 0 aliphatic heterocycles. The van der Waals surface area contributed by atoms with Crippen LogP contribution in [-0.4, -0.2) is 38.5 Å². The number of hydrogen-bond donors (Lipinski definition) is 3. The fraction of sp³-hybridized carbons (Fsp3) is 0.241. The molecule has 202 valence electrons. The third-order valence-electron chi connectivity index (χ3n) is 5.60. The molecule has 2 heterocycles. The van der Waals surface area contributed by atoms with E-state index in [9.17, 15) is 9.59 Å². The van der Waals surface area contributed by atoms with Gasteiger partial charge in [0.25, 0.3) is 0 Å². The third-order valence-corrected chi connectivity index (χ3v) is 5.60. The normalized spacial score (nSPS) is 11.1. The van der Waals surface area contributed by atoms with E-state index in [0.29, 0.717) is 41.8 Å². The van der Waals surface area contributed by atoms with Gasteiger partial charge in [0.1, 0.15) is 23.1 Å². The second kappa shape index (κ2) is 12.1. The van der Waals surface area contributed by atoms with E-state index in [1.165, 1.54) is 0 Å². The maximum absolute atomic E-state index is 12.9. The van der Waals surface area contributed by atoms with E-state index in [1.807, 2.05) is 39.0 Å². The minimum Gasteiger partial charge on any atom is -0.494 e. The number of benzene rings is 2. The number of ether oxygens (including phenoxy) is 2. The lowest BCUT2D eigenvalue weighted by Crippen LogP contribution is -2.21. The summed E-state index contributed by atoms with van der Waals surface area (Å²) in [7, 11) is 0. The van der Waals surface area contributed by atoms with Crippen molar-refractivity contribution in [3.8, 4) is 22.9 Å². The molecule has 0 saturated carbocycles. The van der Waals surface area contributed by atoms with E-state index in [2.05, 4.69) is 15.6 Å². The predicted octanol–water partition coefficient (Wildman–Crippen LogP) is 6.24. The van der Waals surface area contributed by atoms with Gasteiger partial charge in [-0.2, -0.15) is 5.10 Å². The van der Waals surface area contributed by atoms with Gasteiger partial charge in [-0.15, -0.1) is 0 Å². The molecule has 39 heavy (non-hydrogen) atoms. The van der Waals surface area contributed by atoms with Gasteiger partial charge in [-0.05, 0) is 67.1 Å². The van der Waals surface area contributed by atoms with Gasteiger partial charge in [-0.1, -0.05) is 20.8 Å². The van der Waals surface area contributed by atoms with Gasteiger partial charge in [0.15, 0.2) is 0 Å². The Morgan fingerprint density at radius 3 is 2.18 bits per heavy atom. The topological polar surface area (TPSA) is 128 Å². The van der Waals surface area contributed by atoms with Crippen molar-refractivity contribution in [1.82, 2.24) is 14.8 Å². The molecule has 0 atom stereocenters. The molecule has 0 aliphatic carbocycles. The molecule has 4 aromatic rings. The smallest absolute Gasteiger partial charge is 0.324 e. The fourth-order valence-electron chi connectivity index (χ4n) is 3.56. The van der Waals surface area contributed by atoms with E-state index in [-0.39, 0.29) is 11.8 Å². The van der Waals surface area contributed by atoms with Crippen LogP contribution in [0.2, 0.25) is 0 Å². The second-order valence-corrected chi connectivity index (χ2v) is 9.80. The summed E-state index contributed by atoms with van der Waals surface area (Å²) >= 11 is 0. The lowest BCUT2D eigenvalue weighted by molar-refractivity contribution is -0.137. The van der Waals surface area contributed by atoms with E-state index >= 15 is 0 Å². The van der Waals surface area contributed by atoms with Crippen LogP contribution < -0.4 is 20.1 Å². The maximum atomic E-state index is 12.9. The summed E-state index contributed by atoms with van der Waals surface area (Å²) in [5.74, 6) is 1.58. The Labute approximate surface area is 226 Å². The number of rotatable bonds is 10. The van der Waals surface area contributed by atoms with Crippen molar-refractivity contribution >= 4 is 23.5 Å². The van der Waals surface area contributed by atoms with E-state index in [1.54, 1.807) is 65.6 Å². The van der Waals surface area contributed by atoms with Crippen LogP contribution in [0.4, 0.5) is 16.3 Å². The van der Waals surface area contributed by atoms with Crippen molar-refractivity contribution in [2.75, 3.05) is 17.2 Å². The van der Waals surface area contributed by atoms with Crippen molar-refractivity contribution in [1.29, 1.82) is 0 Å². The minimum atomic E-state index is -0.849. The summed E-state index contributed by atoms with van der Waals surface area (Å²) in [6.45, 7) is 6.46. The first-order chi connectivity index (χ1) is 18.7. The molecule has 0 unspecified atom stereocenters. The lowest BCUT2D eigenvalue weighted by atomic mass is 9.92. The fourth-order valence-corrected chi connectivity index (χ4v) is 3.56. The number of carboxylic acids is 1. The van der Waals surface area contributed by atoms with Crippen LogP contribution in [0.25, 0.3) is 5.69 Å². The van der Waals surface area contributed by atoms with Gasteiger partial charge in [0.05, 0.1) is 18.0 Å². The molecule has 10 nitrogen and oxygen atoms in total. The van der Waals surface area contributed by atoms with Crippen LogP contribution >= 0.6 is 0 Å². The molecule has 0 aliphatic rings. The number of anilines is 2. The molecule has 10 heteroatoms. The molecular formula is C29H31N5O5. The zero-order valence-electron chi connectivity index (χ0n) is 22.0. The first-order valence-electron chi connectivity index (χ1n) is 12.5. The van der Waals surface area contributed by atoms with Crippen LogP contribution in [0.15, 0.2) is 79.1 Å². The molecule has 0 fully saturated rings. The molecule has 2 aromatic carbocycles. The number of nitrogens with one attached hydrogen (secondary N) is 2. The van der Waals surface area contributed by atoms with Crippen LogP contribution in [0.3, 0.4) is 0 Å². The minimum absolute atomic E-state index is 0.0571. The summed E-state index contributed by atoms with van der Waals surface area (Å²) in [5.41, 5.74) is 1.90. The highest BCUT2D eigenvalue weighted by molar-refractivity contribution is 5.99. The van der Waals surface area contributed by atoms with Crippen LogP contribution in [0, 0.1) is 0 Å². The Kier molecular flexibility index (Phi) is 8.45. The first kappa shape index (κ1) is 27.2. The SMILES string of the molecule is CC(C)(C)c1cc(NC(=O)Nc2ccc(Oc3ccncc3)cc2)n(-c2ccc(OCCCC(=O)O)cc2)n1. The summed E-state index contributed by atoms with van der Waals surface area (Å²) in [6, 6.07) is 19.2. The standard InChI is InChI=1S/C29H31N5O5/c1-29(2,3)25-19-26(34(33-25)21-8-12-22(13-9-21)38-18-4-5-27(35)36)32-28(37)31-20-6-10-23(11-7-20)39-24-14-16-30-17-15-24/h6-17,19H,4-5,18H2,1-3H3,(H,35,36)(H2,31,32,37). The van der Waals surface area contributed by atoms with Gasteiger partial charge in [0.2, 0.25) is 0 Å². The summed E-state index contributed by atoms with van der Waals surface area (Å²) < 4.78 is 13.1. The number of nitrogens with zero attached hydrogens (tertiary/aromatic N) is 3. The molecule has 0 saturated heterocycles. The molecule has 2 aromatic heterocycles. The highest BCUT2D eigenvalue weighted by Crippen LogP contribution is 2.28. The number of amides is 2. The largest absolute Gasteiger partial charge is 0.494 e. The Morgan fingerprint density at radius 2 is 1.54 bits per heavy atom. The van der Waals surface area contributed by atoms with Crippen LogP contribution in [0.1, 0.15) is 39.3 Å². The van der Waals surface area contributed by atoms with Crippen LogP contribution in [-0.2, 0) is 10.2 Å². The van der Waals surface area contributed by atoms with Gasteiger partial charge in [0, 0.05) is 36.0 Å². The molecule has 4 rings (SSSR count). The predicted molar refractivity (Wildman–Crippen MR) is 148 cm³/mol. The van der Waals surface area contributed by atoms with Gasteiger partial charge >= 0.3 is 12.0 Å². The molecule has 0 spiro atoms.